The van der Waals surface area contributed by atoms with Crippen molar-refractivity contribution in [1.29, 1.82) is 0 Å². The molecule has 2 heterocycles. The molecule has 0 aromatic carbocycles. The van der Waals surface area contributed by atoms with Crippen molar-refractivity contribution in [2.45, 2.75) is 19.9 Å². The lowest BCUT2D eigenvalue weighted by Crippen LogP contribution is -2.27. The molecule has 0 aliphatic heterocycles. The summed E-state index contributed by atoms with van der Waals surface area (Å²) in [5.41, 5.74) is 1.31. The molecule has 2 aromatic heterocycles. The summed E-state index contributed by atoms with van der Waals surface area (Å²) in [5.74, 6) is 0.574. The Hall–Kier alpha value is -2.11. The highest BCUT2D eigenvalue weighted by atomic mass is 16.1. The summed E-state index contributed by atoms with van der Waals surface area (Å²) >= 11 is 0. The maximum absolute atomic E-state index is 11.8. The third-order valence-electron chi connectivity index (χ3n) is 2.35. The number of aryl methyl sites for hydroxylation is 1. The molecular weight excluding hydrogens is 206 g/mol. The van der Waals surface area contributed by atoms with Crippen LogP contribution in [0.2, 0.25) is 0 Å². The number of hydrogen-bond acceptors (Lipinski definition) is 3. The Balaban J connectivity index is 2.06. The summed E-state index contributed by atoms with van der Waals surface area (Å²) in [6.07, 6.45) is 4.89. The topological polar surface area (TPSA) is 86.5 Å². The second kappa shape index (κ2) is 4.18. The molecule has 0 aliphatic carbocycles. The van der Waals surface area contributed by atoms with Crippen LogP contribution in [0.5, 0.6) is 0 Å². The van der Waals surface area contributed by atoms with E-state index < -0.39 is 0 Å². The Morgan fingerprint density at radius 2 is 2.38 bits per heavy atom. The number of rotatable bonds is 3. The summed E-state index contributed by atoms with van der Waals surface area (Å²) in [7, 11) is 0. The van der Waals surface area contributed by atoms with Crippen molar-refractivity contribution in [3.8, 4) is 0 Å². The quantitative estimate of drug-likeness (QED) is 0.717. The van der Waals surface area contributed by atoms with Crippen molar-refractivity contribution in [2.24, 2.45) is 0 Å². The Kier molecular flexibility index (Phi) is 2.72. The minimum atomic E-state index is -0.157. The molecule has 0 bridgehead atoms. The van der Waals surface area contributed by atoms with Gasteiger partial charge in [-0.2, -0.15) is 5.10 Å². The number of aromatic nitrogens is 4. The average Bonchev–Trinajstić information content (AvgIpc) is 2.86. The second-order valence-corrected chi connectivity index (χ2v) is 3.58. The molecule has 1 amide bonds. The number of nitrogens with zero attached hydrogens (tertiary/aromatic N) is 2. The molecule has 0 saturated carbocycles. The molecule has 0 saturated heterocycles. The third-order valence-corrected chi connectivity index (χ3v) is 2.35. The van der Waals surface area contributed by atoms with E-state index in [0.717, 1.165) is 11.5 Å². The van der Waals surface area contributed by atoms with Crippen LogP contribution in [0.3, 0.4) is 0 Å². The summed E-state index contributed by atoms with van der Waals surface area (Å²) in [6, 6.07) is -0.156. The zero-order chi connectivity index (χ0) is 11.5. The van der Waals surface area contributed by atoms with Gasteiger partial charge in [-0.25, -0.2) is 4.98 Å². The van der Waals surface area contributed by atoms with E-state index in [2.05, 4.69) is 25.5 Å². The Labute approximate surface area is 92.5 Å². The molecular formula is C10H13N5O. The molecule has 1 unspecified atom stereocenters. The van der Waals surface area contributed by atoms with Crippen LogP contribution in [0.4, 0.5) is 0 Å². The number of imidazole rings is 1. The van der Waals surface area contributed by atoms with E-state index in [1.54, 1.807) is 19.3 Å². The highest BCUT2D eigenvalue weighted by molar-refractivity contribution is 5.95. The van der Waals surface area contributed by atoms with E-state index in [4.69, 9.17) is 0 Å². The molecule has 0 fully saturated rings. The van der Waals surface area contributed by atoms with Gasteiger partial charge in [0.1, 0.15) is 5.82 Å². The molecule has 6 nitrogen and oxygen atoms in total. The molecule has 16 heavy (non-hydrogen) atoms. The SMILES string of the molecule is Cc1[nH]ncc1C(=O)NC(C)c1ncc[nH]1. The lowest BCUT2D eigenvalue weighted by molar-refractivity contribution is 0.0938. The maximum Gasteiger partial charge on any atom is 0.255 e. The standard InChI is InChI=1S/C10H13N5O/c1-6-8(5-13-15-6)10(16)14-7(2)9-11-3-4-12-9/h3-5,7H,1-2H3,(H,11,12)(H,13,15)(H,14,16). The van der Waals surface area contributed by atoms with Crippen LogP contribution in [-0.4, -0.2) is 26.1 Å². The van der Waals surface area contributed by atoms with Crippen LogP contribution in [0.15, 0.2) is 18.6 Å². The number of carbonyl (C=O) groups excluding carboxylic acids is 1. The second-order valence-electron chi connectivity index (χ2n) is 3.58. The van der Waals surface area contributed by atoms with Gasteiger partial charge in [-0.05, 0) is 13.8 Å². The zero-order valence-corrected chi connectivity index (χ0v) is 9.11. The van der Waals surface area contributed by atoms with E-state index >= 15 is 0 Å². The van der Waals surface area contributed by atoms with Gasteiger partial charge in [-0.3, -0.25) is 9.89 Å². The first kappa shape index (κ1) is 10.4. The third kappa shape index (κ3) is 1.95. The molecule has 2 aromatic rings. The highest BCUT2D eigenvalue weighted by Crippen LogP contribution is 2.08. The summed E-state index contributed by atoms with van der Waals surface area (Å²) in [6.45, 7) is 3.67. The smallest absolute Gasteiger partial charge is 0.255 e. The van der Waals surface area contributed by atoms with Gasteiger partial charge in [0, 0.05) is 18.1 Å². The number of carbonyl (C=O) groups is 1. The van der Waals surface area contributed by atoms with Crippen molar-refractivity contribution in [2.75, 3.05) is 0 Å². The molecule has 0 aliphatic rings. The largest absolute Gasteiger partial charge is 0.347 e. The summed E-state index contributed by atoms with van der Waals surface area (Å²) in [4.78, 5) is 18.9. The van der Waals surface area contributed by atoms with Crippen LogP contribution < -0.4 is 5.32 Å². The predicted octanol–water partition coefficient (Wildman–Crippen LogP) is 0.932. The van der Waals surface area contributed by atoms with E-state index in [0.29, 0.717) is 5.56 Å². The lowest BCUT2D eigenvalue weighted by atomic mass is 10.2. The molecule has 84 valence electrons. The van der Waals surface area contributed by atoms with Crippen molar-refractivity contribution in [3.63, 3.8) is 0 Å². The molecule has 6 heteroatoms. The predicted molar refractivity (Wildman–Crippen MR) is 57.8 cm³/mol. The van der Waals surface area contributed by atoms with Crippen LogP contribution in [0.1, 0.15) is 34.8 Å². The van der Waals surface area contributed by atoms with Crippen molar-refractivity contribution in [3.05, 3.63) is 35.7 Å². The van der Waals surface area contributed by atoms with Crippen molar-refractivity contribution >= 4 is 5.91 Å². The fourth-order valence-corrected chi connectivity index (χ4v) is 1.44. The Morgan fingerprint density at radius 3 is 2.94 bits per heavy atom. The number of aromatic amines is 2. The number of amides is 1. The zero-order valence-electron chi connectivity index (χ0n) is 9.11. The molecule has 2 rings (SSSR count). The first-order valence-corrected chi connectivity index (χ1v) is 4.98. The number of H-pyrrole nitrogens is 2. The molecule has 3 N–H and O–H groups in total. The highest BCUT2D eigenvalue weighted by Gasteiger charge is 2.15. The van der Waals surface area contributed by atoms with E-state index in [9.17, 15) is 4.79 Å². The van der Waals surface area contributed by atoms with Crippen LogP contribution in [0.25, 0.3) is 0 Å². The average molecular weight is 219 g/mol. The first-order chi connectivity index (χ1) is 7.68. The minimum absolute atomic E-state index is 0.156. The first-order valence-electron chi connectivity index (χ1n) is 4.98. The molecule has 0 radical (unpaired) electrons. The van der Waals surface area contributed by atoms with Gasteiger partial charge >= 0.3 is 0 Å². The van der Waals surface area contributed by atoms with Crippen LogP contribution in [-0.2, 0) is 0 Å². The fraction of sp³-hybridized carbons (Fsp3) is 0.300. The fourth-order valence-electron chi connectivity index (χ4n) is 1.44. The van der Waals surface area contributed by atoms with Gasteiger partial charge in [-0.15, -0.1) is 0 Å². The van der Waals surface area contributed by atoms with E-state index in [1.165, 1.54) is 6.20 Å². The normalized spacial score (nSPS) is 12.4. The van der Waals surface area contributed by atoms with E-state index in [1.807, 2.05) is 6.92 Å². The van der Waals surface area contributed by atoms with Crippen molar-refractivity contribution < 1.29 is 4.79 Å². The van der Waals surface area contributed by atoms with Crippen LogP contribution >= 0.6 is 0 Å². The van der Waals surface area contributed by atoms with Gasteiger partial charge in [0.05, 0.1) is 17.8 Å². The minimum Gasteiger partial charge on any atom is -0.347 e. The van der Waals surface area contributed by atoms with Gasteiger partial charge in [0.25, 0.3) is 5.91 Å². The van der Waals surface area contributed by atoms with E-state index in [-0.39, 0.29) is 11.9 Å². The summed E-state index contributed by atoms with van der Waals surface area (Å²) < 4.78 is 0. The van der Waals surface area contributed by atoms with Crippen LogP contribution in [0, 0.1) is 6.92 Å². The number of nitrogens with one attached hydrogen (secondary N) is 3. The Bertz CT molecular complexity index is 473. The van der Waals surface area contributed by atoms with Gasteiger partial charge in [0.2, 0.25) is 0 Å². The lowest BCUT2D eigenvalue weighted by Gasteiger charge is -2.10. The molecule has 0 spiro atoms. The van der Waals surface area contributed by atoms with Gasteiger partial charge in [0.15, 0.2) is 0 Å². The molecule has 1 atom stereocenters. The number of hydrogen-bond donors (Lipinski definition) is 3. The Morgan fingerprint density at radius 1 is 1.56 bits per heavy atom. The van der Waals surface area contributed by atoms with Gasteiger partial charge in [-0.1, -0.05) is 0 Å². The summed E-state index contributed by atoms with van der Waals surface area (Å²) in [5, 5.41) is 9.36. The van der Waals surface area contributed by atoms with Gasteiger partial charge < -0.3 is 10.3 Å². The van der Waals surface area contributed by atoms with Crippen molar-refractivity contribution in [1.82, 2.24) is 25.5 Å². The monoisotopic (exact) mass is 219 g/mol. The maximum atomic E-state index is 11.8.